The van der Waals surface area contributed by atoms with Gasteiger partial charge in [-0.15, -0.1) is 0 Å². The molecule has 0 unspecified atom stereocenters. The topological polar surface area (TPSA) is 86.3 Å². The van der Waals surface area contributed by atoms with Crippen LogP contribution in [0.2, 0.25) is 0 Å². The van der Waals surface area contributed by atoms with Gasteiger partial charge in [0, 0.05) is 39.8 Å². The Morgan fingerprint density at radius 2 is 1.85 bits per heavy atom. The minimum absolute atomic E-state index is 0.0339. The van der Waals surface area contributed by atoms with Gasteiger partial charge in [-0.1, -0.05) is 25.1 Å². The number of hydrogen-bond acceptors (Lipinski definition) is 3. The number of rotatable bonds is 6. The fourth-order valence-electron chi connectivity index (χ4n) is 2.84. The standard InChI is InChI=1S/C21H22N4O2/c1-3-6-20(26)24-16-11-9-15(10-12-16)21(27)25-22-13-18-14(2)23-19-8-5-4-7-17(18)19/h4-5,7-13,23H,3,6H2,1-2H3,(H,24,26)(H,25,27)/b22-13-. The highest BCUT2D eigenvalue weighted by Gasteiger charge is 2.07. The Morgan fingerprint density at radius 1 is 1.11 bits per heavy atom. The number of benzene rings is 2. The molecular formula is C21H22N4O2. The van der Waals surface area contributed by atoms with Crippen LogP contribution in [0, 0.1) is 6.92 Å². The monoisotopic (exact) mass is 362 g/mol. The van der Waals surface area contributed by atoms with Gasteiger partial charge in [0.25, 0.3) is 5.91 Å². The average molecular weight is 362 g/mol. The molecular weight excluding hydrogens is 340 g/mol. The molecule has 2 aromatic carbocycles. The maximum Gasteiger partial charge on any atom is 0.271 e. The molecule has 0 spiro atoms. The molecule has 0 radical (unpaired) electrons. The Balaban J connectivity index is 1.64. The summed E-state index contributed by atoms with van der Waals surface area (Å²) in [6.45, 7) is 3.92. The van der Waals surface area contributed by atoms with Crippen molar-refractivity contribution in [3.8, 4) is 0 Å². The minimum atomic E-state index is -0.310. The summed E-state index contributed by atoms with van der Waals surface area (Å²) < 4.78 is 0. The van der Waals surface area contributed by atoms with E-state index < -0.39 is 0 Å². The van der Waals surface area contributed by atoms with Crippen LogP contribution in [-0.2, 0) is 4.79 Å². The highest BCUT2D eigenvalue weighted by Crippen LogP contribution is 2.19. The molecule has 0 aliphatic carbocycles. The second-order valence-electron chi connectivity index (χ2n) is 6.28. The number of carbonyl (C=O) groups excluding carboxylic acids is 2. The first kappa shape index (κ1) is 18.4. The number of nitrogens with zero attached hydrogens (tertiary/aromatic N) is 1. The number of aryl methyl sites for hydroxylation is 1. The van der Waals surface area contributed by atoms with Crippen LogP contribution in [0.1, 0.15) is 41.4 Å². The Kier molecular flexibility index (Phi) is 5.66. The Morgan fingerprint density at radius 3 is 2.59 bits per heavy atom. The Hall–Kier alpha value is -3.41. The molecule has 27 heavy (non-hydrogen) atoms. The first-order chi connectivity index (χ1) is 13.1. The van der Waals surface area contributed by atoms with Crippen LogP contribution in [-0.4, -0.2) is 23.0 Å². The van der Waals surface area contributed by atoms with Gasteiger partial charge in [0.1, 0.15) is 0 Å². The normalized spacial score (nSPS) is 11.0. The summed E-state index contributed by atoms with van der Waals surface area (Å²) in [6.07, 6.45) is 2.91. The largest absolute Gasteiger partial charge is 0.358 e. The second-order valence-corrected chi connectivity index (χ2v) is 6.28. The van der Waals surface area contributed by atoms with Crippen molar-refractivity contribution in [2.45, 2.75) is 26.7 Å². The van der Waals surface area contributed by atoms with E-state index in [1.807, 2.05) is 38.1 Å². The highest BCUT2D eigenvalue weighted by atomic mass is 16.2. The van der Waals surface area contributed by atoms with Crippen LogP contribution in [0.3, 0.4) is 0 Å². The molecule has 0 fully saturated rings. The molecule has 1 heterocycles. The zero-order valence-electron chi connectivity index (χ0n) is 15.4. The van der Waals surface area contributed by atoms with E-state index in [2.05, 4.69) is 20.8 Å². The second kappa shape index (κ2) is 8.31. The Bertz CT molecular complexity index is 987. The van der Waals surface area contributed by atoms with E-state index in [1.54, 1.807) is 30.5 Å². The van der Waals surface area contributed by atoms with E-state index in [0.29, 0.717) is 17.7 Å². The first-order valence-electron chi connectivity index (χ1n) is 8.89. The molecule has 0 saturated carbocycles. The quantitative estimate of drug-likeness (QED) is 0.458. The molecule has 0 aliphatic rings. The van der Waals surface area contributed by atoms with Crippen LogP contribution in [0.25, 0.3) is 10.9 Å². The van der Waals surface area contributed by atoms with Gasteiger partial charge in [-0.25, -0.2) is 5.43 Å². The molecule has 6 nitrogen and oxygen atoms in total. The lowest BCUT2D eigenvalue weighted by Gasteiger charge is -2.05. The van der Waals surface area contributed by atoms with E-state index in [0.717, 1.165) is 28.6 Å². The molecule has 6 heteroatoms. The lowest BCUT2D eigenvalue weighted by atomic mass is 10.1. The van der Waals surface area contributed by atoms with Gasteiger partial charge in [-0.2, -0.15) is 5.10 Å². The summed E-state index contributed by atoms with van der Waals surface area (Å²) in [7, 11) is 0. The van der Waals surface area contributed by atoms with Crippen LogP contribution in [0.15, 0.2) is 53.6 Å². The fraction of sp³-hybridized carbons (Fsp3) is 0.190. The summed E-state index contributed by atoms with van der Waals surface area (Å²) in [5, 5.41) is 7.93. The fourth-order valence-corrected chi connectivity index (χ4v) is 2.84. The third-order valence-corrected chi connectivity index (χ3v) is 4.21. The number of aromatic nitrogens is 1. The van der Waals surface area contributed by atoms with E-state index >= 15 is 0 Å². The lowest BCUT2D eigenvalue weighted by molar-refractivity contribution is -0.116. The van der Waals surface area contributed by atoms with Crippen molar-refractivity contribution in [2.24, 2.45) is 5.10 Å². The number of hydrogen-bond donors (Lipinski definition) is 3. The van der Waals surface area contributed by atoms with Crippen molar-refractivity contribution in [3.63, 3.8) is 0 Å². The zero-order valence-corrected chi connectivity index (χ0v) is 15.4. The molecule has 0 saturated heterocycles. The van der Waals surface area contributed by atoms with Crippen molar-refractivity contribution in [3.05, 3.63) is 65.4 Å². The number of nitrogens with one attached hydrogen (secondary N) is 3. The van der Waals surface area contributed by atoms with E-state index in [1.165, 1.54) is 0 Å². The van der Waals surface area contributed by atoms with Crippen molar-refractivity contribution in [1.82, 2.24) is 10.4 Å². The van der Waals surface area contributed by atoms with Crippen molar-refractivity contribution >= 4 is 34.6 Å². The molecule has 3 aromatic rings. The van der Waals surface area contributed by atoms with Crippen molar-refractivity contribution in [2.75, 3.05) is 5.32 Å². The SMILES string of the molecule is CCCC(=O)Nc1ccc(C(=O)N/N=C\c2c(C)[nH]c3ccccc23)cc1. The average Bonchev–Trinajstić information content (AvgIpc) is 2.98. The molecule has 138 valence electrons. The number of aromatic amines is 1. The van der Waals surface area contributed by atoms with Gasteiger partial charge < -0.3 is 10.3 Å². The predicted octanol–water partition coefficient (Wildman–Crippen LogP) is 3.98. The maximum absolute atomic E-state index is 12.2. The summed E-state index contributed by atoms with van der Waals surface area (Å²) in [5.74, 6) is -0.344. The number of fused-ring (bicyclic) bond motifs is 1. The van der Waals surface area contributed by atoms with Crippen LogP contribution >= 0.6 is 0 Å². The molecule has 3 rings (SSSR count). The van der Waals surface area contributed by atoms with Gasteiger partial charge in [-0.05, 0) is 43.7 Å². The molecule has 0 aliphatic heterocycles. The molecule has 0 atom stereocenters. The van der Waals surface area contributed by atoms with E-state index in [9.17, 15) is 9.59 Å². The molecule has 1 aromatic heterocycles. The number of amides is 2. The summed E-state index contributed by atoms with van der Waals surface area (Å²) in [5.41, 5.74) is 6.64. The molecule has 3 N–H and O–H groups in total. The van der Waals surface area contributed by atoms with Crippen molar-refractivity contribution in [1.29, 1.82) is 0 Å². The van der Waals surface area contributed by atoms with Crippen LogP contribution in [0.5, 0.6) is 0 Å². The number of hydrazone groups is 1. The van der Waals surface area contributed by atoms with Crippen LogP contribution in [0.4, 0.5) is 5.69 Å². The van der Waals surface area contributed by atoms with Crippen LogP contribution < -0.4 is 10.7 Å². The third-order valence-electron chi connectivity index (χ3n) is 4.21. The van der Waals surface area contributed by atoms with Gasteiger partial charge in [-0.3, -0.25) is 9.59 Å². The van der Waals surface area contributed by atoms with Crippen molar-refractivity contribution < 1.29 is 9.59 Å². The molecule has 0 bridgehead atoms. The summed E-state index contributed by atoms with van der Waals surface area (Å²) in [6, 6.07) is 14.7. The van der Waals surface area contributed by atoms with Gasteiger partial charge in [0.05, 0.1) is 6.21 Å². The number of anilines is 1. The van der Waals surface area contributed by atoms with E-state index in [-0.39, 0.29) is 11.8 Å². The number of carbonyl (C=O) groups is 2. The van der Waals surface area contributed by atoms with E-state index in [4.69, 9.17) is 0 Å². The zero-order chi connectivity index (χ0) is 19.2. The minimum Gasteiger partial charge on any atom is -0.358 e. The maximum atomic E-state index is 12.2. The highest BCUT2D eigenvalue weighted by molar-refractivity contribution is 6.01. The summed E-state index contributed by atoms with van der Waals surface area (Å²) >= 11 is 0. The number of H-pyrrole nitrogens is 1. The first-order valence-corrected chi connectivity index (χ1v) is 8.89. The van der Waals surface area contributed by atoms with Gasteiger partial charge in [0.15, 0.2) is 0 Å². The predicted molar refractivity (Wildman–Crippen MR) is 108 cm³/mol. The van der Waals surface area contributed by atoms with Gasteiger partial charge >= 0.3 is 0 Å². The number of para-hydroxylation sites is 1. The molecule has 2 amide bonds. The third kappa shape index (κ3) is 4.41. The smallest absolute Gasteiger partial charge is 0.271 e. The van der Waals surface area contributed by atoms with Gasteiger partial charge in [0.2, 0.25) is 5.91 Å². The Labute approximate surface area is 157 Å². The lowest BCUT2D eigenvalue weighted by Crippen LogP contribution is -2.17. The summed E-state index contributed by atoms with van der Waals surface area (Å²) in [4.78, 5) is 27.1.